The summed E-state index contributed by atoms with van der Waals surface area (Å²) >= 11 is 7.58. The number of carbonyl (C=O) groups excluding carboxylic acids is 1. The van der Waals surface area contributed by atoms with Crippen LogP contribution in [0.5, 0.6) is 0 Å². The fraction of sp³-hybridized carbons (Fsp3) is 0.278. The number of nitrogens with one attached hydrogen (secondary N) is 1. The highest BCUT2D eigenvalue weighted by atomic mass is 35.5. The number of hydrogen-bond acceptors (Lipinski definition) is 4. The van der Waals surface area contributed by atoms with Crippen LogP contribution in [0, 0.1) is 20.8 Å². The number of carbonyl (C=O) groups is 1. The highest BCUT2D eigenvalue weighted by Gasteiger charge is 2.20. The van der Waals surface area contributed by atoms with Crippen LogP contribution in [0.2, 0.25) is 5.02 Å². The second kappa shape index (κ2) is 6.61. The Morgan fingerprint density at radius 1 is 1.28 bits per heavy atom. The second-order valence-corrected chi connectivity index (χ2v) is 7.61. The van der Waals surface area contributed by atoms with E-state index in [-0.39, 0.29) is 11.5 Å². The standard InChI is InChI=1S/C18H18ClN3O2S/c1-9-12(4)25-17-15(9)18(24)22(8-20-17)11(3)16(23)21-14-7-5-6-13(19)10(14)2/h5-8,11H,1-4H3,(H,21,23)/t11-/m1/s1. The fourth-order valence-electron chi connectivity index (χ4n) is 2.63. The van der Waals surface area contributed by atoms with Crippen LogP contribution in [0.1, 0.15) is 29.0 Å². The topological polar surface area (TPSA) is 64.0 Å². The van der Waals surface area contributed by atoms with Gasteiger partial charge in [-0.3, -0.25) is 14.2 Å². The fourth-order valence-corrected chi connectivity index (χ4v) is 3.79. The molecule has 0 aliphatic carbocycles. The van der Waals surface area contributed by atoms with E-state index in [0.29, 0.717) is 20.9 Å². The van der Waals surface area contributed by atoms with E-state index in [2.05, 4.69) is 10.3 Å². The number of aromatic nitrogens is 2. The molecular weight excluding hydrogens is 358 g/mol. The minimum Gasteiger partial charge on any atom is -0.324 e. The Labute approximate surface area is 154 Å². The van der Waals surface area contributed by atoms with Crippen molar-refractivity contribution in [2.24, 2.45) is 0 Å². The van der Waals surface area contributed by atoms with Crippen molar-refractivity contribution >= 4 is 44.7 Å². The van der Waals surface area contributed by atoms with Crippen molar-refractivity contribution < 1.29 is 4.79 Å². The van der Waals surface area contributed by atoms with Gasteiger partial charge in [0.1, 0.15) is 10.9 Å². The predicted molar refractivity (Wildman–Crippen MR) is 103 cm³/mol. The molecule has 0 fully saturated rings. The number of thiophene rings is 1. The van der Waals surface area contributed by atoms with E-state index in [1.54, 1.807) is 25.1 Å². The molecule has 0 saturated carbocycles. The number of hydrogen-bond donors (Lipinski definition) is 1. The number of nitrogens with zero attached hydrogens (tertiary/aromatic N) is 2. The van der Waals surface area contributed by atoms with Crippen molar-refractivity contribution in [3.8, 4) is 0 Å². The van der Waals surface area contributed by atoms with Crippen molar-refractivity contribution in [1.82, 2.24) is 9.55 Å². The van der Waals surface area contributed by atoms with Crippen molar-refractivity contribution in [3.05, 3.63) is 55.9 Å². The molecule has 0 radical (unpaired) electrons. The Morgan fingerprint density at radius 3 is 2.72 bits per heavy atom. The minimum absolute atomic E-state index is 0.197. The molecule has 5 nitrogen and oxygen atoms in total. The highest BCUT2D eigenvalue weighted by molar-refractivity contribution is 7.18. The van der Waals surface area contributed by atoms with Gasteiger partial charge in [0.05, 0.1) is 11.7 Å². The highest BCUT2D eigenvalue weighted by Crippen LogP contribution is 2.26. The Balaban J connectivity index is 1.96. The summed E-state index contributed by atoms with van der Waals surface area (Å²) in [5.74, 6) is -0.293. The summed E-state index contributed by atoms with van der Waals surface area (Å²) in [5.41, 5.74) is 2.14. The number of benzene rings is 1. The number of rotatable bonds is 3. The minimum atomic E-state index is -0.692. The van der Waals surface area contributed by atoms with Gasteiger partial charge in [-0.2, -0.15) is 0 Å². The smallest absolute Gasteiger partial charge is 0.263 e. The Hall–Kier alpha value is -2.18. The SMILES string of the molecule is Cc1sc2ncn([C@H](C)C(=O)Nc3cccc(Cl)c3C)c(=O)c2c1C. The molecule has 1 amide bonds. The zero-order valence-electron chi connectivity index (χ0n) is 14.4. The predicted octanol–water partition coefficient (Wildman–Crippen LogP) is 4.24. The third-order valence-electron chi connectivity index (χ3n) is 4.44. The lowest BCUT2D eigenvalue weighted by atomic mass is 10.2. The summed E-state index contributed by atoms with van der Waals surface area (Å²) in [6.07, 6.45) is 1.44. The van der Waals surface area contributed by atoms with Gasteiger partial charge in [-0.1, -0.05) is 17.7 Å². The monoisotopic (exact) mass is 375 g/mol. The molecule has 7 heteroatoms. The van der Waals surface area contributed by atoms with Gasteiger partial charge in [-0.05, 0) is 51.0 Å². The second-order valence-electron chi connectivity index (χ2n) is 6.00. The van der Waals surface area contributed by atoms with E-state index in [4.69, 9.17) is 11.6 Å². The lowest BCUT2D eigenvalue weighted by Crippen LogP contribution is -2.32. The molecule has 1 N–H and O–H groups in total. The molecular formula is C18H18ClN3O2S. The average molecular weight is 376 g/mol. The summed E-state index contributed by atoms with van der Waals surface area (Å²) in [5, 5.41) is 4.00. The summed E-state index contributed by atoms with van der Waals surface area (Å²) in [6.45, 7) is 7.38. The summed E-state index contributed by atoms with van der Waals surface area (Å²) in [4.78, 5) is 31.5. The normalized spacial score (nSPS) is 12.4. The number of halogens is 1. The molecule has 0 bridgehead atoms. The molecule has 3 aromatic rings. The molecule has 1 atom stereocenters. The molecule has 2 aromatic heterocycles. The van der Waals surface area contributed by atoms with Crippen molar-refractivity contribution in [2.45, 2.75) is 33.7 Å². The van der Waals surface area contributed by atoms with E-state index >= 15 is 0 Å². The quantitative estimate of drug-likeness (QED) is 0.744. The lowest BCUT2D eigenvalue weighted by Gasteiger charge is -2.16. The van der Waals surface area contributed by atoms with Crippen LogP contribution in [-0.2, 0) is 4.79 Å². The maximum absolute atomic E-state index is 12.8. The van der Waals surface area contributed by atoms with E-state index in [1.807, 2.05) is 20.8 Å². The molecule has 0 aliphatic rings. The molecule has 0 aliphatic heterocycles. The van der Waals surface area contributed by atoms with E-state index in [1.165, 1.54) is 22.2 Å². The number of fused-ring (bicyclic) bond motifs is 1. The van der Waals surface area contributed by atoms with Gasteiger partial charge in [0, 0.05) is 15.6 Å². The summed E-state index contributed by atoms with van der Waals surface area (Å²) in [7, 11) is 0. The first kappa shape index (κ1) is 17.6. The molecule has 0 saturated heterocycles. The van der Waals surface area contributed by atoms with Gasteiger partial charge < -0.3 is 5.32 Å². The lowest BCUT2D eigenvalue weighted by molar-refractivity contribution is -0.118. The average Bonchev–Trinajstić information content (AvgIpc) is 2.87. The van der Waals surface area contributed by atoms with Gasteiger partial charge in [0.15, 0.2) is 0 Å². The van der Waals surface area contributed by atoms with Crippen LogP contribution < -0.4 is 10.9 Å². The number of aryl methyl sites for hydroxylation is 2. The van der Waals surface area contributed by atoms with Crippen LogP contribution in [0.4, 0.5) is 5.69 Å². The van der Waals surface area contributed by atoms with E-state index < -0.39 is 6.04 Å². The molecule has 2 heterocycles. The Kier molecular flexibility index (Phi) is 4.67. The largest absolute Gasteiger partial charge is 0.324 e. The van der Waals surface area contributed by atoms with Gasteiger partial charge >= 0.3 is 0 Å². The van der Waals surface area contributed by atoms with E-state index in [0.717, 1.165) is 16.0 Å². The first-order valence-corrected chi connectivity index (χ1v) is 9.03. The Morgan fingerprint density at radius 2 is 2.00 bits per heavy atom. The maximum Gasteiger partial charge on any atom is 0.263 e. The van der Waals surface area contributed by atoms with Crippen LogP contribution in [0.3, 0.4) is 0 Å². The van der Waals surface area contributed by atoms with Crippen molar-refractivity contribution in [2.75, 3.05) is 5.32 Å². The number of anilines is 1. The van der Waals surface area contributed by atoms with Crippen molar-refractivity contribution in [1.29, 1.82) is 0 Å². The molecule has 3 rings (SSSR count). The third-order valence-corrected chi connectivity index (χ3v) is 5.96. The van der Waals surface area contributed by atoms with Crippen molar-refractivity contribution in [3.63, 3.8) is 0 Å². The third kappa shape index (κ3) is 3.07. The van der Waals surface area contributed by atoms with Crippen LogP contribution in [0.15, 0.2) is 29.3 Å². The summed E-state index contributed by atoms with van der Waals surface area (Å²) in [6, 6.07) is 4.62. The van der Waals surface area contributed by atoms with Crippen LogP contribution in [0.25, 0.3) is 10.2 Å². The molecule has 25 heavy (non-hydrogen) atoms. The van der Waals surface area contributed by atoms with Gasteiger partial charge in [0.2, 0.25) is 5.91 Å². The molecule has 0 unspecified atom stereocenters. The first-order chi connectivity index (χ1) is 11.8. The van der Waals surface area contributed by atoms with Gasteiger partial charge in [-0.25, -0.2) is 4.98 Å². The van der Waals surface area contributed by atoms with E-state index in [9.17, 15) is 9.59 Å². The maximum atomic E-state index is 12.8. The van der Waals surface area contributed by atoms with Gasteiger partial charge in [0.25, 0.3) is 5.56 Å². The molecule has 0 spiro atoms. The van der Waals surface area contributed by atoms with Crippen LogP contribution in [-0.4, -0.2) is 15.5 Å². The zero-order chi connectivity index (χ0) is 18.3. The summed E-state index contributed by atoms with van der Waals surface area (Å²) < 4.78 is 1.37. The molecule has 130 valence electrons. The zero-order valence-corrected chi connectivity index (χ0v) is 16.0. The Bertz CT molecular complexity index is 1040. The first-order valence-electron chi connectivity index (χ1n) is 7.84. The number of amides is 1. The molecule has 1 aromatic carbocycles. The van der Waals surface area contributed by atoms with Gasteiger partial charge in [-0.15, -0.1) is 11.3 Å². The van der Waals surface area contributed by atoms with Crippen LogP contribution >= 0.6 is 22.9 Å².